The minimum atomic E-state index is -0.510. The Labute approximate surface area is 386 Å². The van der Waals surface area contributed by atoms with E-state index in [2.05, 4.69) is 72.8 Å². The maximum absolute atomic E-state index is 14.4. The number of nitrogens with zero attached hydrogens (tertiary/aromatic N) is 1. The highest BCUT2D eigenvalue weighted by Crippen LogP contribution is 2.47. The molecule has 8 heteroatoms. The smallest absolute Gasteiger partial charge is 0.417 e. The van der Waals surface area contributed by atoms with Gasteiger partial charge in [0.2, 0.25) is 0 Å². The molecule has 0 saturated carbocycles. The van der Waals surface area contributed by atoms with Crippen LogP contribution in [0.15, 0.2) is 77.9 Å². The van der Waals surface area contributed by atoms with Crippen LogP contribution in [0, 0.1) is 0 Å². The Kier molecular flexibility index (Phi) is 19.6. The summed E-state index contributed by atoms with van der Waals surface area (Å²) in [6, 6.07) is 17.6. The van der Waals surface area contributed by atoms with E-state index in [0.29, 0.717) is 30.2 Å². The zero-order valence-electron chi connectivity index (χ0n) is 40.7. The maximum Gasteiger partial charge on any atom is 0.417 e. The summed E-state index contributed by atoms with van der Waals surface area (Å²) in [6.45, 7) is 18.1. The average Bonchev–Trinajstić information content (AvgIpc) is 3.27. The number of amides is 1. The third kappa shape index (κ3) is 14.0. The molecule has 8 nitrogen and oxygen atoms in total. The summed E-state index contributed by atoms with van der Waals surface area (Å²) in [4.78, 5) is 15.9. The van der Waals surface area contributed by atoms with Gasteiger partial charge in [-0.05, 0) is 137 Å². The molecule has 0 aliphatic heterocycles. The van der Waals surface area contributed by atoms with Gasteiger partial charge in [0.05, 0.1) is 12.3 Å². The molecule has 1 amide bonds. The molecular formula is C56H81NO7. The van der Waals surface area contributed by atoms with Crippen LogP contribution < -0.4 is 14.4 Å². The number of benzene rings is 3. The number of ether oxygens (including phenoxy) is 4. The van der Waals surface area contributed by atoms with E-state index < -0.39 is 11.5 Å². The SMILES string of the molecule is CCCCCCC(C)(C)c1cc(O)c(C2C=C(C)CCC2)c(OCN(C(=O)OCCC(C)(CCCCCC)c2cc(O)c(C3C=C(C)CCC3)c(OCOCC)c2)c2ccccc2)c1. The van der Waals surface area contributed by atoms with Crippen LogP contribution in [0.4, 0.5) is 10.5 Å². The molecule has 352 valence electrons. The maximum atomic E-state index is 14.4. The highest BCUT2D eigenvalue weighted by molar-refractivity contribution is 5.87. The molecule has 3 aromatic rings. The van der Waals surface area contributed by atoms with Crippen molar-refractivity contribution in [2.24, 2.45) is 0 Å². The molecule has 0 aromatic heterocycles. The quantitative estimate of drug-likeness (QED) is 0.0497. The zero-order chi connectivity index (χ0) is 46.1. The number of hydrogen-bond acceptors (Lipinski definition) is 7. The predicted octanol–water partition coefficient (Wildman–Crippen LogP) is 15.4. The van der Waals surface area contributed by atoms with Crippen LogP contribution in [0.5, 0.6) is 23.0 Å². The van der Waals surface area contributed by atoms with Gasteiger partial charge < -0.3 is 29.2 Å². The Bertz CT molecular complexity index is 1990. The zero-order valence-corrected chi connectivity index (χ0v) is 40.7. The van der Waals surface area contributed by atoms with Gasteiger partial charge in [-0.3, -0.25) is 0 Å². The third-order valence-electron chi connectivity index (χ3n) is 13.9. The normalized spacial score (nSPS) is 17.6. The van der Waals surface area contributed by atoms with Crippen molar-refractivity contribution in [2.45, 2.75) is 187 Å². The van der Waals surface area contributed by atoms with E-state index >= 15 is 0 Å². The number of carbonyl (C=O) groups is 1. The molecule has 64 heavy (non-hydrogen) atoms. The first-order chi connectivity index (χ1) is 30.8. The molecule has 0 saturated heterocycles. The van der Waals surface area contributed by atoms with Crippen molar-refractivity contribution in [3.63, 3.8) is 0 Å². The summed E-state index contributed by atoms with van der Waals surface area (Å²) in [5.41, 5.74) is 6.26. The van der Waals surface area contributed by atoms with E-state index in [0.717, 1.165) is 106 Å². The van der Waals surface area contributed by atoms with Crippen LogP contribution in [0.3, 0.4) is 0 Å². The van der Waals surface area contributed by atoms with Crippen molar-refractivity contribution in [3.8, 4) is 23.0 Å². The van der Waals surface area contributed by atoms with E-state index in [-0.39, 0.29) is 48.9 Å². The molecule has 0 radical (unpaired) electrons. The highest BCUT2D eigenvalue weighted by Gasteiger charge is 2.33. The van der Waals surface area contributed by atoms with Gasteiger partial charge in [-0.15, -0.1) is 0 Å². The van der Waals surface area contributed by atoms with Crippen LogP contribution in [0.2, 0.25) is 0 Å². The highest BCUT2D eigenvalue weighted by atomic mass is 16.7. The Morgan fingerprint density at radius 2 is 1.27 bits per heavy atom. The van der Waals surface area contributed by atoms with Crippen molar-refractivity contribution >= 4 is 11.8 Å². The Balaban J connectivity index is 1.42. The van der Waals surface area contributed by atoms with Crippen molar-refractivity contribution < 1.29 is 34.0 Å². The number of hydrogen-bond donors (Lipinski definition) is 2. The number of para-hydroxylation sites is 1. The largest absolute Gasteiger partial charge is 0.507 e. The second-order valence-corrected chi connectivity index (χ2v) is 19.6. The van der Waals surface area contributed by atoms with Gasteiger partial charge in [-0.25, -0.2) is 9.69 Å². The van der Waals surface area contributed by atoms with Gasteiger partial charge in [0.1, 0.15) is 23.0 Å². The Morgan fingerprint density at radius 3 is 1.84 bits per heavy atom. The second kappa shape index (κ2) is 24.7. The number of allylic oxidation sites excluding steroid dienone is 4. The lowest BCUT2D eigenvalue weighted by Gasteiger charge is -2.33. The molecule has 0 heterocycles. The summed E-state index contributed by atoms with van der Waals surface area (Å²) in [7, 11) is 0. The molecule has 5 rings (SSSR count). The van der Waals surface area contributed by atoms with Gasteiger partial charge in [0.15, 0.2) is 13.5 Å². The molecule has 0 spiro atoms. The molecule has 0 fully saturated rings. The van der Waals surface area contributed by atoms with Crippen molar-refractivity contribution in [2.75, 3.05) is 31.6 Å². The summed E-state index contributed by atoms with van der Waals surface area (Å²) in [5.74, 6) is 1.81. The fraction of sp³-hybridized carbons (Fsp3) is 0.589. The molecular weight excluding hydrogens is 799 g/mol. The Hall–Kier alpha value is -4.43. The van der Waals surface area contributed by atoms with Crippen LogP contribution in [0.25, 0.3) is 0 Å². The van der Waals surface area contributed by atoms with Crippen LogP contribution in [-0.2, 0) is 20.3 Å². The second-order valence-electron chi connectivity index (χ2n) is 19.6. The summed E-state index contributed by atoms with van der Waals surface area (Å²) >= 11 is 0. The molecule has 2 N–H and O–H groups in total. The molecule has 0 bridgehead atoms. The lowest BCUT2D eigenvalue weighted by atomic mass is 9.74. The minimum absolute atomic E-state index is 0.0134. The standard InChI is InChI=1S/C56H81NO7/c1-9-12-14-19-29-55(6,7)45-35-48(58)52(43-25-21-23-41(4)33-43)50(37-45)63-39-57(47-27-17-16-18-28-47)54(60)62-32-31-56(8,30-20-15-13-10-2)46-36-49(59)53(44-26-22-24-42(5)34-44)51(38-46)64-40-61-11-3/h16-18,27-28,33-38,43-44,58-59H,9-15,19-26,29-32,39-40H2,1-8H3. The van der Waals surface area contributed by atoms with Gasteiger partial charge in [-0.1, -0.05) is 127 Å². The van der Waals surface area contributed by atoms with Crippen molar-refractivity contribution in [1.29, 1.82) is 0 Å². The molecule has 3 atom stereocenters. The van der Waals surface area contributed by atoms with E-state index in [1.54, 1.807) is 4.90 Å². The number of aromatic hydroxyl groups is 2. The molecule has 3 unspecified atom stereocenters. The van der Waals surface area contributed by atoms with Crippen molar-refractivity contribution in [3.05, 3.63) is 100 Å². The minimum Gasteiger partial charge on any atom is -0.507 e. The van der Waals surface area contributed by atoms with E-state index in [9.17, 15) is 15.0 Å². The van der Waals surface area contributed by atoms with Crippen LogP contribution in [-0.4, -0.2) is 43.0 Å². The van der Waals surface area contributed by atoms with Crippen LogP contribution >= 0.6 is 0 Å². The summed E-state index contributed by atoms with van der Waals surface area (Å²) in [5, 5.41) is 23.6. The first-order valence-corrected chi connectivity index (χ1v) is 24.7. The van der Waals surface area contributed by atoms with E-state index in [1.807, 2.05) is 49.4 Å². The van der Waals surface area contributed by atoms with Gasteiger partial charge in [0, 0.05) is 29.6 Å². The first-order valence-electron chi connectivity index (χ1n) is 24.7. The monoisotopic (exact) mass is 880 g/mol. The topological polar surface area (TPSA) is 97.7 Å². The average molecular weight is 880 g/mol. The van der Waals surface area contributed by atoms with Gasteiger partial charge in [-0.2, -0.15) is 0 Å². The fourth-order valence-electron chi connectivity index (χ4n) is 9.72. The third-order valence-corrected chi connectivity index (χ3v) is 13.9. The fourth-order valence-corrected chi connectivity index (χ4v) is 9.72. The lowest BCUT2D eigenvalue weighted by molar-refractivity contribution is 0.0214. The van der Waals surface area contributed by atoms with Gasteiger partial charge in [0.25, 0.3) is 0 Å². The van der Waals surface area contributed by atoms with E-state index in [1.165, 1.54) is 30.4 Å². The molecule has 3 aromatic carbocycles. The predicted molar refractivity (Wildman–Crippen MR) is 262 cm³/mol. The first kappa shape index (κ1) is 50.6. The number of unbranched alkanes of at least 4 members (excludes halogenated alkanes) is 6. The number of phenols is 2. The number of rotatable bonds is 25. The number of phenolic OH excluding ortho intramolecular Hbond substituents is 2. The van der Waals surface area contributed by atoms with Gasteiger partial charge >= 0.3 is 6.09 Å². The van der Waals surface area contributed by atoms with Crippen molar-refractivity contribution in [1.82, 2.24) is 0 Å². The van der Waals surface area contributed by atoms with Crippen LogP contribution in [0.1, 0.15) is 199 Å². The van der Waals surface area contributed by atoms with E-state index in [4.69, 9.17) is 18.9 Å². The number of carbonyl (C=O) groups excluding carboxylic acids is 1. The Morgan fingerprint density at radius 1 is 0.703 bits per heavy atom. The molecule has 2 aliphatic rings. The summed E-state index contributed by atoms with van der Waals surface area (Å²) < 4.78 is 24.9. The molecule has 2 aliphatic carbocycles. The lowest BCUT2D eigenvalue weighted by Crippen LogP contribution is -2.36. The summed E-state index contributed by atoms with van der Waals surface area (Å²) in [6.07, 6.45) is 21.6. The number of anilines is 1.